The van der Waals surface area contributed by atoms with E-state index in [1.807, 2.05) is 0 Å². The van der Waals surface area contributed by atoms with Crippen molar-refractivity contribution in [3.05, 3.63) is 64.7 Å². The molecule has 2 aromatic rings. The van der Waals surface area contributed by atoms with E-state index in [4.69, 9.17) is 4.74 Å². The van der Waals surface area contributed by atoms with Crippen molar-refractivity contribution >= 4 is 29.4 Å². The van der Waals surface area contributed by atoms with Gasteiger partial charge in [-0.3, -0.25) is 9.59 Å². The third-order valence-electron chi connectivity index (χ3n) is 4.91. The maximum absolute atomic E-state index is 12.9. The number of ether oxygens (including phenoxy) is 1. The summed E-state index contributed by atoms with van der Waals surface area (Å²) in [5.74, 6) is -3.09. The molecule has 0 unspecified atom stereocenters. The van der Waals surface area contributed by atoms with Gasteiger partial charge in [0.25, 0.3) is 0 Å². The smallest absolute Gasteiger partial charge is 0.471 e. The molecule has 0 spiro atoms. The Hall–Kier alpha value is -3.62. The molecule has 3 rings (SSSR count). The number of carbonyl (C=O) groups excluding carboxylic acids is 2. The highest BCUT2D eigenvalue weighted by atomic mass is 19.4. The molecule has 0 aromatic heterocycles. The van der Waals surface area contributed by atoms with Crippen LogP contribution in [0.3, 0.4) is 0 Å². The topological polar surface area (TPSA) is 92.7 Å². The lowest BCUT2D eigenvalue weighted by atomic mass is 9.86. The van der Waals surface area contributed by atoms with Crippen LogP contribution in [0.15, 0.2) is 48.0 Å². The number of carbonyl (C=O) groups is 3. The van der Waals surface area contributed by atoms with Crippen molar-refractivity contribution in [3.63, 3.8) is 0 Å². The van der Waals surface area contributed by atoms with Crippen molar-refractivity contribution in [2.75, 3.05) is 5.32 Å². The van der Waals surface area contributed by atoms with Gasteiger partial charge in [-0.1, -0.05) is 12.1 Å². The fraction of sp³-hybridized carbons (Fsp3) is 0.261. The average molecular weight is 447 g/mol. The Morgan fingerprint density at radius 1 is 1.09 bits per heavy atom. The lowest BCUT2D eigenvalue weighted by Gasteiger charge is -2.23. The number of ketones is 1. The van der Waals surface area contributed by atoms with E-state index in [1.165, 1.54) is 38.1 Å². The first-order valence-corrected chi connectivity index (χ1v) is 9.66. The summed E-state index contributed by atoms with van der Waals surface area (Å²) in [5, 5.41) is 11.0. The molecule has 0 radical (unpaired) electrons. The van der Waals surface area contributed by atoms with E-state index < -0.39 is 23.7 Å². The molecular weight excluding hydrogens is 427 g/mol. The summed E-state index contributed by atoms with van der Waals surface area (Å²) in [6.07, 6.45) is -2.54. The number of fused-ring (bicyclic) bond motifs is 1. The van der Waals surface area contributed by atoms with E-state index in [0.29, 0.717) is 35.3 Å². The van der Waals surface area contributed by atoms with E-state index in [1.54, 1.807) is 29.6 Å². The monoisotopic (exact) mass is 447 g/mol. The number of anilines is 1. The summed E-state index contributed by atoms with van der Waals surface area (Å²) in [4.78, 5) is 35.3. The van der Waals surface area contributed by atoms with Gasteiger partial charge in [-0.25, -0.2) is 4.79 Å². The van der Waals surface area contributed by atoms with Gasteiger partial charge in [0.05, 0.1) is 0 Å². The molecule has 0 fully saturated rings. The number of Topliss-reactive ketones (excluding diaryl/α,β-unsaturated/α-hetero) is 1. The highest BCUT2D eigenvalue weighted by Crippen LogP contribution is 2.31. The van der Waals surface area contributed by atoms with E-state index in [9.17, 15) is 32.7 Å². The highest BCUT2D eigenvalue weighted by molar-refractivity contribution is 6.13. The van der Waals surface area contributed by atoms with Crippen molar-refractivity contribution < 1.29 is 37.4 Å². The Bertz CT molecular complexity index is 1120. The van der Waals surface area contributed by atoms with Gasteiger partial charge < -0.3 is 15.2 Å². The Kier molecular flexibility index (Phi) is 6.11. The summed E-state index contributed by atoms with van der Waals surface area (Å²) in [6, 6.07) is 10.5. The van der Waals surface area contributed by atoms with Gasteiger partial charge in [-0.2, -0.15) is 13.2 Å². The maximum Gasteiger partial charge on any atom is 0.471 e. The van der Waals surface area contributed by atoms with Crippen LogP contribution in [0.25, 0.3) is 6.08 Å². The van der Waals surface area contributed by atoms with Crippen LogP contribution in [-0.2, 0) is 16.0 Å². The SMILES string of the molecule is CC(C)(Oc1ccc2c(c1)CC/C(=C\c1cccc(NC(=O)C(F)(F)F)c1)C2=O)C(=O)O. The fourth-order valence-corrected chi connectivity index (χ4v) is 3.20. The normalized spacial score (nSPS) is 15.3. The fourth-order valence-electron chi connectivity index (χ4n) is 3.20. The molecule has 2 N–H and O–H groups in total. The Morgan fingerprint density at radius 2 is 1.81 bits per heavy atom. The summed E-state index contributed by atoms with van der Waals surface area (Å²) in [5.41, 5.74) is 0.649. The minimum Gasteiger partial charge on any atom is -0.478 e. The number of aliphatic carboxylic acids is 1. The first-order valence-electron chi connectivity index (χ1n) is 9.66. The second-order valence-electron chi connectivity index (χ2n) is 7.81. The molecule has 0 bridgehead atoms. The van der Waals surface area contributed by atoms with Crippen LogP contribution < -0.4 is 10.1 Å². The van der Waals surface area contributed by atoms with E-state index in [2.05, 4.69) is 0 Å². The van der Waals surface area contributed by atoms with Crippen molar-refractivity contribution in [2.24, 2.45) is 0 Å². The third-order valence-corrected chi connectivity index (χ3v) is 4.91. The zero-order chi connectivity index (χ0) is 23.7. The number of amides is 1. The summed E-state index contributed by atoms with van der Waals surface area (Å²) in [6.45, 7) is 2.85. The van der Waals surface area contributed by atoms with Crippen LogP contribution in [0.1, 0.15) is 41.8 Å². The highest BCUT2D eigenvalue weighted by Gasteiger charge is 2.38. The van der Waals surface area contributed by atoms with Crippen molar-refractivity contribution in [2.45, 2.75) is 38.5 Å². The molecule has 0 aliphatic heterocycles. The van der Waals surface area contributed by atoms with Crippen LogP contribution in [0.5, 0.6) is 5.75 Å². The van der Waals surface area contributed by atoms with E-state index in [-0.39, 0.29) is 11.5 Å². The number of alkyl halides is 3. The Labute approximate surface area is 181 Å². The van der Waals surface area contributed by atoms with Crippen LogP contribution >= 0.6 is 0 Å². The molecule has 1 aliphatic carbocycles. The predicted octanol–water partition coefficient (Wildman–Crippen LogP) is 4.64. The van der Waals surface area contributed by atoms with Crippen LogP contribution in [0.4, 0.5) is 18.9 Å². The van der Waals surface area contributed by atoms with Gasteiger partial charge in [0, 0.05) is 16.8 Å². The van der Waals surface area contributed by atoms with E-state index >= 15 is 0 Å². The number of rotatable bonds is 5. The zero-order valence-corrected chi connectivity index (χ0v) is 17.2. The summed E-state index contributed by atoms with van der Waals surface area (Å²) >= 11 is 0. The van der Waals surface area contributed by atoms with E-state index in [0.717, 1.165) is 5.56 Å². The molecule has 1 amide bonds. The van der Waals surface area contributed by atoms with Crippen LogP contribution in [-0.4, -0.2) is 34.5 Å². The van der Waals surface area contributed by atoms with Gasteiger partial charge in [0.2, 0.25) is 0 Å². The minimum absolute atomic E-state index is 0.0341. The number of hydrogen-bond acceptors (Lipinski definition) is 4. The molecule has 32 heavy (non-hydrogen) atoms. The van der Waals surface area contributed by atoms with Crippen LogP contribution in [0.2, 0.25) is 0 Å². The lowest BCUT2D eigenvalue weighted by Crippen LogP contribution is -2.37. The number of allylic oxidation sites excluding steroid dienone is 1. The number of benzene rings is 2. The largest absolute Gasteiger partial charge is 0.478 e. The number of carboxylic acids is 1. The third kappa shape index (κ3) is 5.16. The molecule has 6 nitrogen and oxygen atoms in total. The molecule has 168 valence electrons. The van der Waals surface area contributed by atoms with Gasteiger partial charge in [-0.15, -0.1) is 0 Å². The van der Waals surface area contributed by atoms with Gasteiger partial charge in [-0.05, 0) is 74.2 Å². The van der Waals surface area contributed by atoms with Crippen molar-refractivity contribution in [1.82, 2.24) is 0 Å². The van der Waals surface area contributed by atoms with Gasteiger partial charge in [0.1, 0.15) is 5.75 Å². The standard InChI is InChI=1S/C23H20F3NO5/c1-22(2,21(30)31)32-17-8-9-18-14(12-17)6-7-15(19(18)28)10-13-4-3-5-16(11-13)27-20(29)23(24,25)26/h3-5,8-12H,6-7H2,1-2H3,(H,27,29)(H,30,31)/b15-10+. The van der Waals surface area contributed by atoms with Gasteiger partial charge >= 0.3 is 18.1 Å². The molecule has 0 atom stereocenters. The van der Waals surface area contributed by atoms with Crippen LogP contribution in [0, 0.1) is 0 Å². The quantitative estimate of drug-likeness (QED) is 0.652. The molecule has 9 heteroatoms. The van der Waals surface area contributed by atoms with Crippen molar-refractivity contribution in [3.8, 4) is 5.75 Å². The second-order valence-corrected chi connectivity index (χ2v) is 7.81. The number of halogens is 3. The number of nitrogens with one attached hydrogen (secondary N) is 1. The first-order chi connectivity index (χ1) is 14.9. The molecule has 2 aromatic carbocycles. The zero-order valence-electron chi connectivity index (χ0n) is 17.2. The first kappa shape index (κ1) is 23.1. The summed E-state index contributed by atoms with van der Waals surface area (Å²) in [7, 11) is 0. The Morgan fingerprint density at radius 3 is 2.47 bits per heavy atom. The lowest BCUT2D eigenvalue weighted by molar-refractivity contribution is -0.167. The number of hydrogen-bond donors (Lipinski definition) is 2. The molecular formula is C23H20F3NO5. The maximum atomic E-state index is 12.9. The Balaban J connectivity index is 1.80. The molecule has 1 aliphatic rings. The molecule has 0 saturated heterocycles. The van der Waals surface area contributed by atoms with Gasteiger partial charge in [0.15, 0.2) is 11.4 Å². The molecule has 0 saturated carbocycles. The number of carboxylic acid groups (broad SMARTS) is 1. The summed E-state index contributed by atoms with van der Waals surface area (Å²) < 4.78 is 42.9. The minimum atomic E-state index is -5.00. The number of aryl methyl sites for hydroxylation is 1. The molecule has 0 heterocycles. The average Bonchev–Trinajstić information content (AvgIpc) is 2.69. The van der Waals surface area contributed by atoms with Crippen molar-refractivity contribution in [1.29, 1.82) is 0 Å². The second kappa shape index (κ2) is 8.49. The predicted molar refractivity (Wildman–Crippen MR) is 111 cm³/mol.